The number of hydrogen-bond acceptors (Lipinski definition) is 3. The van der Waals surface area contributed by atoms with Crippen molar-refractivity contribution in [3.63, 3.8) is 0 Å². The predicted octanol–water partition coefficient (Wildman–Crippen LogP) is 2.94. The van der Waals surface area contributed by atoms with Gasteiger partial charge in [-0.3, -0.25) is 0 Å². The fraction of sp³-hybridized carbons (Fsp3) is 0.714. The highest BCUT2D eigenvalue weighted by molar-refractivity contribution is 5.75. The van der Waals surface area contributed by atoms with Crippen molar-refractivity contribution in [3.05, 3.63) is 17.0 Å². The van der Waals surface area contributed by atoms with Gasteiger partial charge in [0.25, 0.3) is 0 Å². The zero-order valence-electron chi connectivity index (χ0n) is 12.2. The normalized spacial score (nSPS) is 20.6. The van der Waals surface area contributed by atoms with Crippen LogP contribution in [0.3, 0.4) is 0 Å². The molecule has 5 heteroatoms. The van der Waals surface area contributed by atoms with Crippen molar-refractivity contribution in [1.29, 1.82) is 0 Å². The number of likely N-dealkylation sites (tertiary alicyclic amines) is 1. The molecule has 1 fully saturated rings. The summed E-state index contributed by atoms with van der Waals surface area (Å²) in [5.74, 6) is 0.825. The number of aryl methyl sites for hydroxylation is 2. The molecule has 2 amide bonds. The van der Waals surface area contributed by atoms with E-state index in [9.17, 15) is 4.79 Å². The van der Waals surface area contributed by atoms with E-state index in [0.29, 0.717) is 0 Å². The Morgan fingerprint density at radius 3 is 2.89 bits per heavy atom. The fourth-order valence-corrected chi connectivity index (χ4v) is 2.67. The zero-order chi connectivity index (χ0) is 14.0. The molecule has 5 nitrogen and oxygen atoms in total. The van der Waals surface area contributed by atoms with Crippen molar-refractivity contribution in [1.82, 2.24) is 15.4 Å². The number of carbonyl (C=O) groups is 1. The van der Waals surface area contributed by atoms with Gasteiger partial charge in [-0.15, -0.1) is 0 Å². The van der Waals surface area contributed by atoms with Gasteiger partial charge >= 0.3 is 6.03 Å². The van der Waals surface area contributed by atoms with Crippen LogP contribution in [-0.4, -0.2) is 28.7 Å². The first-order valence-corrected chi connectivity index (χ1v) is 7.04. The summed E-state index contributed by atoms with van der Waals surface area (Å²) in [5.41, 5.74) is 1.97. The summed E-state index contributed by atoms with van der Waals surface area (Å²) in [7, 11) is 0. The molecule has 0 aliphatic carbocycles. The van der Waals surface area contributed by atoms with E-state index in [-0.39, 0.29) is 18.1 Å². The van der Waals surface area contributed by atoms with Gasteiger partial charge in [-0.1, -0.05) is 12.1 Å². The number of rotatable bonds is 3. The number of aromatic nitrogens is 1. The average Bonchev–Trinajstić information content (AvgIpc) is 2.96. The van der Waals surface area contributed by atoms with Gasteiger partial charge in [0.2, 0.25) is 0 Å². The quantitative estimate of drug-likeness (QED) is 0.914. The zero-order valence-corrected chi connectivity index (χ0v) is 12.2. The summed E-state index contributed by atoms with van der Waals surface area (Å²) in [5, 5.41) is 7.04. The van der Waals surface area contributed by atoms with E-state index in [1.54, 1.807) is 0 Å². The van der Waals surface area contributed by atoms with E-state index >= 15 is 0 Å². The molecule has 2 atom stereocenters. The van der Waals surface area contributed by atoms with Gasteiger partial charge in [-0.2, -0.15) is 0 Å². The van der Waals surface area contributed by atoms with Crippen LogP contribution in [0.4, 0.5) is 4.79 Å². The van der Waals surface area contributed by atoms with Crippen molar-refractivity contribution in [2.45, 2.75) is 59.0 Å². The molecular weight excluding hydrogens is 242 g/mol. The third kappa shape index (κ3) is 2.74. The van der Waals surface area contributed by atoms with Crippen LogP contribution < -0.4 is 5.32 Å². The van der Waals surface area contributed by atoms with E-state index in [0.717, 1.165) is 42.8 Å². The van der Waals surface area contributed by atoms with Crippen molar-refractivity contribution >= 4 is 6.03 Å². The van der Waals surface area contributed by atoms with Crippen molar-refractivity contribution in [2.24, 2.45) is 0 Å². The van der Waals surface area contributed by atoms with Gasteiger partial charge < -0.3 is 14.7 Å². The maximum atomic E-state index is 12.3. The third-order valence-corrected chi connectivity index (χ3v) is 3.92. The molecule has 0 unspecified atom stereocenters. The second kappa shape index (κ2) is 5.63. The molecule has 2 heterocycles. The number of carbonyl (C=O) groups excluding carboxylic acids is 1. The van der Waals surface area contributed by atoms with Crippen molar-refractivity contribution < 1.29 is 9.32 Å². The summed E-state index contributed by atoms with van der Waals surface area (Å²) in [6, 6.07) is 0.338. The number of urea groups is 1. The second-order valence-corrected chi connectivity index (χ2v) is 5.35. The molecule has 0 radical (unpaired) electrons. The largest absolute Gasteiger partial charge is 0.361 e. The molecule has 1 aliphatic rings. The molecule has 1 saturated heterocycles. The average molecular weight is 265 g/mol. The molecule has 19 heavy (non-hydrogen) atoms. The molecular formula is C14H23N3O2. The summed E-state index contributed by atoms with van der Waals surface area (Å²) in [6.45, 7) is 8.75. The minimum atomic E-state index is 0.0249. The Balaban J connectivity index is 2.15. The third-order valence-electron chi connectivity index (χ3n) is 3.92. The summed E-state index contributed by atoms with van der Waals surface area (Å²) in [4.78, 5) is 14.2. The van der Waals surface area contributed by atoms with Crippen molar-refractivity contribution in [3.8, 4) is 0 Å². The Hall–Kier alpha value is -1.52. The first kappa shape index (κ1) is 13.9. The standard InChI is InChI=1S/C14H23N3O2/c1-5-9(2)15-14(18)17-8-6-7-12(17)13-10(3)16-19-11(13)4/h9,12H,5-8H2,1-4H3,(H,15,18)/t9-,12-/m1/s1. The van der Waals surface area contributed by atoms with Crippen LogP contribution in [0.1, 0.15) is 56.2 Å². The maximum Gasteiger partial charge on any atom is 0.318 e. The monoisotopic (exact) mass is 265 g/mol. The van der Waals surface area contributed by atoms with Crippen LogP contribution in [0.25, 0.3) is 0 Å². The first-order valence-electron chi connectivity index (χ1n) is 7.04. The van der Waals surface area contributed by atoms with Crippen LogP contribution in [0.5, 0.6) is 0 Å². The highest BCUT2D eigenvalue weighted by atomic mass is 16.5. The number of hydrogen-bond donors (Lipinski definition) is 1. The van der Waals surface area contributed by atoms with Gasteiger partial charge in [0, 0.05) is 18.2 Å². The predicted molar refractivity (Wildman–Crippen MR) is 72.9 cm³/mol. The van der Waals surface area contributed by atoms with Gasteiger partial charge in [0.05, 0.1) is 11.7 Å². The van der Waals surface area contributed by atoms with Gasteiger partial charge in [0.15, 0.2) is 0 Å². The van der Waals surface area contributed by atoms with Gasteiger partial charge in [0.1, 0.15) is 5.76 Å². The lowest BCUT2D eigenvalue weighted by Crippen LogP contribution is -2.43. The van der Waals surface area contributed by atoms with E-state index in [2.05, 4.69) is 17.4 Å². The van der Waals surface area contributed by atoms with Crippen LogP contribution in [-0.2, 0) is 0 Å². The molecule has 1 aliphatic heterocycles. The van der Waals surface area contributed by atoms with Crippen molar-refractivity contribution in [2.75, 3.05) is 6.54 Å². The van der Waals surface area contributed by atoms with Crippen LogP contribution in [0.15, 0.2) is 4.52 Å². The molecule has 1 N–H and O–H groups in total. The Morgan fingerprint density at radius 2 is 2.32 bits per heavy atom. The molecule has 0 saturated carbocycles. The Labute approximate surface area is 114 Å². The smallest absolute Gasteiger partial charge is 0.318 e. The lowest BCUT2D eigenvalue weighted by molar-refractivity contribution is 0.189. The van der Waals surface area contributed by atoms with Crippen LogP contribution in [0.2, 0.25) is 0 Å². The van der Waals surface area contributed by atoms with Gasteiger partial charge in [-0.05, 0) is 40.0 Å². The van der Waals surface area contributed by atoms with E-state index in [1.807, 2.05) is 25.7 Å². The van der Waals surface area contributed by atoms with E-state index in [1.165, 1.54) is 0 Å². The van der Waals surface area contributed by atoms with E-state index in [4.69, 9.17) is 4.52 Å². The highest BCUT2D eigenvalue weighted by Crippen LogP contribution is 2.35. The Bertz CT molecular complexity index is 436. The fourth-order valence-electron chi connectivity index (χ4n) is 2.67. The molecule has 0 aromatic carbocycles. The molecule has 2 rings (SSSR count). The highest BCUT2D eigenvalue weighted by Gasteiger charge is 2.33. The Kier molecular flexibility index (Phi) is 4.12. The molecule has 106 valence electrons. The minimum absolute atomic E-state index is 0.0249. The van der Waals surface area contributed by atoms with Gasteiger partial charge in [-0.25, -0.2) is 4.79 Å². The van der Waals surface area contributed by atoms with E-state index < -0.39 is 0 Å². The molecule has 0 bridgehead atoms. The summed E-state index contributed by atoms with van der Waals surface area (Å²) < 4.78 is 5.23. The first-order chi connectivity index (χ1) is 9.04. The SMILES string of the molecule is CC[C@@H](C)NC(=O)N1CCC[C@@H]1c1c(C)noc1C. The lowest BCUT2D eigenvalue weighted by Gasteiger charge is -2.26. The molecule has 1 aromatic rings. The van der Waals surface area contributed by atoms with Crippen LogP contribution in [0, 0.1) is 13.8 Å². The number of amides is 2. The lowest BCUT2D eigenvalue weighted by atomic mass is 10.0. The second-order valence-electron chi connectivity index (χ2n) is 5.35. The van der Waals surface area contributed by atoms with Crippen LogP contribution >= 0.6 is 0 Å². The molecule has 1 aromatic heterocycles. The minimum Gasteiger partial charge on any atom is -0.361 e. The Morgan fingerprint density at radius 1 is 1.58 bits per heavy atom. The topological polar surface area (TPSA) is 58.4 Å². The summed E-state index contributed by atoms with van der Waals surface area (Å²) in [6.07, 6.45) is 2.95. The number of nitrogens with one attached hydrogen (secondary N) is 1. The maximum absolute atomic E-state index is 12.3. The summed E-state index contributed by atoms with van der Waals surface area (Å²) >= 11 is 0. The molecule has 0 spiro atoms. The number of nitrogens with zero attached hydrogens (tertiary/aromatic N) is 2.